The summed E-state index contributed by atoms with van der Waals surface area (Å²) in [5.74, 6) is 5.06. The van der Waals surface area contributed by atoms with Crippen LogP contribution in [-0.2, 0) is 4.74 Å². The van der Waals surface area contributed by atoms with Gasteiger partial charge in [-0.3, -0.25) is 4.99 Å². The first-order valence-corrected chi connectivity index (χ1v) is 19.5. The van der Waals surface area contributed by atoms with Crippen molar-refractivity contribution in [3.05, 3.63) is 11.6 Å². The van der Waals surface area contributed by atoms with Crippen LogP contribution in [0.3, 0.4) is 0 Å². The molecule has 4 aliphatic carbocycles. The Bertz CT molecular complexity index is 991. The molecule has 0 heterocycles. The summed E-state index contributed by atoms with van der Waals surface area (Å²) in [5, 5.41) is 12.9. The molecular formula is C39H73N5O2. The molecule has 0 amide bonds. The molecule has 0 aromatic rings. The number of quaternary nitrogens is 1. The highest BCUT2D eigenvalue weighted by Crippen LogP contribution is 2.67. The molecule has 0 spiro atoms. The van der Waals surface area contributed by atoms with Gasteiger partial charge in [0.25, 0.3) is 0 Å². The van der Waals surface area contributed by atoms with Crippen LogP contribution in [0, 0.1) is 46.3 Å². The molecule has 0 aromatic heterocycles. The fourth-order valence-corrected chi connectivity index (χ4v) is 11.3. The first-order valence-electron chi connectivity index (χ1n) is 19.5. The van der Waals surface area contributed by atoms with Gasteiger partial charge in [-0.15, -0.1) is 0 Å². The second-order valence-electron chi connectivity index (χ2n) is 17.1. The van der Waals surface area contributed by atoms with Crippen molar-refractivity contribution in [1.29, 1.82) is 0 Å². The van der Waals surface area contributed by atoms with Gasteiger partial charge in [-0.25, -0.2) is 0 Å². The summed E-state index contributed by atoms with van der Waals surface area (Å²) in [6, 6.07) is 0. The van der Waals surface area contributed by atoms with Crippen LogP contribution in [0.25, 0.3) is 0 Å². The first kappa shape index (κ1) is 37.7. The molecule has 266 valence electrons. The molecule has 0 radical (unpaired) electrons. The summed E-state index contributed by atoms with van der Waals surface area (Å²) in [6.45, 7) is 18.9. The normalized spacial score (nSPS) is 33.7. The number of aliphatic imine (C=N–C) groups is 1. The van der Waals surface area contributed by atoms with Crippen molar-refractivity contribution in [2.45, 2.75) is 131 Å². The van der Waals surface area contributed by atoms with E-state index >= 15 is 0 Å². The van der Waals surface area contributed by atoms with E-state index in [9.17, 15) is 5.11 Å². The summed E-state index contributed by atoms with van der Waals surface area (Å²) < 4.78 is 6.92. The number of hydrogen-bond donors (Lipinski definition) is 3. The van der Waals surface area contributed by atoms with Gasteiger partial charge in [-0.05, 0) is 111 Å². The predicted molar refractivity (Wildman–Crippen MR) is 191 cm³/mol. The molecule has 8 atom stereocenters. The molecule has 0 bridgehead atoms. The van der Waals surface area contributed by atoms with Crippen molar-refractivity contribution in [3.8, 4) is 0 Å². The number of ether oxygens (including phenoxy) is 1. The van der Waals surface area contributed by atoms with Crippen molar-refractivity contribution < 1.29 is 14.3 Å². The average Bonchev–Trinajstić information content (AvgIpc) is 3.38. The molecule has 4 rings (SSSR count). The SMILES string of the molecule is CC(C)CCC[C@@H](C)[C@H]1CC[C@H]2[C@@H]3CC=C4C[C@@H](OC([O-])=NCCC[N+](CCN)(CCCN)CCCN)CC[C@]4(C)[C@H]3CC[C@]12C. The van der Waals surface area contributed by atoms with Gasteiger partial charge in [-0.1, -0.05) is 65.5 Å². The molecule has 0 aliphatic heterocycles. The maximum atomic E-state index is 12.9. The summed E-state index contributed by atoms with van der Waals surface area (Å²) in [4.78, 5) is 4.35. The predicted octanol–water partition coefficient (Wildman–Crippen LogP) is 5.99. The average molecular weight is 644 g/mol. The van der Waals surface area contributed by atoms with Gasteiger partial charge in [0.05, 0.1) is 26.2 Å². The fraction of sp³-hybridized carbons (Fsp3) is 0.923. The van der Waals surface area contributed by atoms with Gasteiger partial charge in [0.15, 0.2) is 0 Å². The Morgan fingerprint density at radius 2 is 1.61 bits per heavy atom. The Hall–Kier alpha value is -1.15. The zero-order valence-electron chi connectivity index (χ0n) is 30.6. The van der Waals surface area contributed by atoms with Crippen LogP contribution in [-0.4, -0.2) is 69.0 Å². The van der Waals surface area contributed by atoms with Crippen LogP contribution in [0.2, 0.25) is 0 Å². The Morgan fingerprint density at radius 1 is 0.891 bits per heavy atom. The Morgan fingerprint density at radius 3 is 2.28 bits per heavy atom. The van der Waals surface area contributed by atoms with Crippen LogP contribution < -0.4 is 22.3 Å². The Balaban J connectivity index is 1.31. The smallest absolute Gasteiger partial charge is 0.145 e. The van der Waals surface area contributed by atoms with E-state index in [2.05, 4.69) is 45.7 Å². The van der Waals surface area contributed by atoms with Crippen LogP contribution >= 0.6 is 0 Å². The minimum Gasteiger partial charge on any atom is -0.597 e. The zero-order valence-corrected chi connectivity index (χ0v) is 30.6. The summed E-state index contributed by atoms with van der Waals surface area (Å²) in [6.07, 6.45) is 19.0. The molecule has 3 fully saturated rings. The topological polar surface area (TPSA) is 123 Å². The molecule has 0 saturated heterocycles. The number of rotatable bonds is 18. The molecule has 4 aliphatic rings. The lowest BCUT2D eigenvalue weighted by Gasteiger charge is -2.59. The summed E-state index contributed by atoms with van der Waals surface area (Å²) >= 11 is 0. The number of allylic oxidation sites excluding steroid dienone is 1. The molecule has 6 N–H and O–H groups in total. The van der Waals surface area contributed by atoms with Crippen molar-refractivity contribution in [2.75, 3.05) is 52.4 Å². The monoisotopic (exact) mass is 644 g/mol. The molecular weight excluding hydrogens is 570 g/mol. The standard InChI is InChI=1S/C39H73N5O2/c1-29(2)10-6-11-30(3)34-14-15-35-33-13-12-31-28-32(16-18-38(31,4)36(33)17-19-39(34,35)5)46-37(45)43-23-9-26-44(27-22-42,24-7-20-40)25-8-21-41/h12,29-30,32-36H,6-11,13-28,40-42H2,1-5H3/t30-,32+,33+,34-,35+,36+,38+,39-/m1/s1. The highest BCUT2D eigenvalue weighted by Gasteiger charge is 2.59. The first-order chi connectivity index (χ1) is 22.0. The van der Waals surface area contributed by atoms with E-state index in [0.29, 0.717) is 31.6 Å². The second-order valence-corrected chi connectivity index (χ2v) is 17.1. The lowest BCUT2D eigenvalue weighted by molar-refractivity contribution is -0.927. The number of nitrogens with two attached hydrogens (primary N) is 3. The van der Waals surface area contributed by atoms with Gasteiger partial charge in [-0.2, -0.15) is 0 Å². The third kappa shape index (κ3) is 8.71. The summed E-state index contributed by atoms with van der Waals surface area (Å²) in [7, 11) is 0. The zero-order chi connectivity index (χ0) is 33.4. The van der Waals surface area contributed by atoms with E-state index in [0.717, 1.165) is 105 Å². The van der Waals surface area contributed by atoms with E-state index < -0.39 is 0 Å². The van der Waals surface area contributed by atoms with Gasteiger partial charge < -0.3 is 31.5 Å². The minimum absolute atomic E-state index is 0.0373. The van der Waals surface area contributed by atoms with Crippen LogP contribution in [0.4, 0.5) is 0 Å². The van der Waals surface area contributed by atoms with E-state index in [4.69, 9.17) is 21.9 Å². The largest absolute Gasteiger partial charge is 0.597 e. The van der Waals surface area contributed by atoms with E-state index in [1.807, 2.05) is 0 Å². The van der Waals surface area contributed by atoms with Crippen LogP contribution in [0.5, 0.6) is 0 Å². The minimum atomic E-state index is -0.378. The number of nitrogens with zero attached hydrogens (tertiary/aromatic N) is 2. The Labute approximate surface area is 283 Å². The third-order valence-electron chi connectivity index (χ3n) is 13.8. The van der Waals surface area contributed by atoms with Gasteiger partial charge in [0, 0.05) is 38.5 Å². The second kappa shape index (κ2) is 17.0. The summed E-state index contributed by atoms with van der Waals surface area (Å²) in [5.41, 5.74) is 20.0. The lowest BCUT2D eigenvalue weighted by atomic mass is 9.47. The Kier molecular flexibility index (Phi) is 13.9. The molecule has 7 nitrogen and oxygen atoms in total. The van der Waals surface area contributed by atoms with Crippen molar-refractivity contribution in [3.63, 3.8) is 0 Å². The van der Waals surface area contributed by atoms with Crippen molar-refractivity contribution >= 4 is 6.08 Å². The molecule has 0 aromatic carbocycles. The van der Waals surface area contributed by atoms with Gasteiger partial charge >= 0.3 is 0 Å². The van der Waals surface area contributed by atoms with Gasteiger partial charge in [0.1, 0.15) is 6.08 Å². The quantitative estimate of drug-likeness (QED) is 0.0557. The van der Waals surface area contributed by atoms with Crippen molar-refractivity contribution in [2.24, 2.45) is 68.5 Å². The van der Waals surface area contributed by atoms with E-state index in [1.54, 1.807) is 5.57 Å². The maximum absolute atomic E-state index is 12.9. The third-order valence-corrected chi connectivity index (χ3v) is 13.8. The number of hydrogen-bond acceptors (Lipinski definition) is 6. The fourth-order valence-electron chi connectivity index (χ4n) is 11.3. The van der Waals surface area contributed by atoms with Crippen LogP contribution in [0.1, 0.15) is 125 Å². The van der Waals surface area contributed by atoms with E-state index in [-0.39, 0.29) is 17.6 Å². The molecule has 46 heavy (non-hydrogen) atoms. The lowest BCUT2D eigenvalue weighted by Crippen LogP contribution is -2.53. The highest BCUT2D eigenvalue weighted by molar-refractivity contribution is 5.61. The maximum Gasteiger partial charge on any atom is 0.145 e. The highest BCUT2D eigenvalue weighted by atomic mass is 16.6. The van der Waals surface area contributed by atoms with E-state index in [1.165, 1.54) is 51.4 Å². The molecule has 3 saturated carbocycles. The number of fused-ring (bicyclic) bond motifs is 5. The van der Waals surface area contributed by atoms with Gasteiger partial charge in [0.2, 0.25) is 0 Å². The van der Waals surface area contributed by atoms with Crippen LogP contribution in [0.15, 0.2) is 16.6 Å². The molecule has 7 heteroatoms. The molecule has 0 unspecified atom stereocenters. The van der Waals surface area contributed by atoms with Crippen molar-refractivity contribution in [1.82, 2.24) is 0 Å².